The fourth-order valence-electron chi connectivity index (χ4n) is 1.19. The van der Waals surface area contributed by atoms with Gasteiger partial charge in [-0.1, -0.05) is 5.92 Å². The molecule has 1 aliphatic heterocycles. The quantitative estimate of drug-likeness (QED) is 0.538. The molecule has 0 amide bonds. The monoisotopic (exact) mass is 180 g/mol. The molecule has 0 spiro atoms. The van der Waals surface area contributed by atoms with Crippen molar-refractivity contribution in [2.45, 2.75) is 13.3 Å². The molecule has 0 aliphatic carbocycles. The Kier molecular flexibility index (Phi) is 3.78. The number of likely N-dealkylation sites (N-methyl/N-ethyl adjacent to an activating group) is 1. The van der Waals surface area contributed by atoms with E-state index in [4.69, 9.17) is 0 Å². The van der Waals surface area contributed by atoms with Gasteiger partial charge in [-0.05, 0) is 14.0 Å². The largest absolute Gasteiger partial charge is 0.330 e. The molecule has 0 bridgehead atoms. The SMILES string of the molecule is CC(=O)CC#CN1CCN(C)CC1. The molecule has 0 aromatic carbocycles. The molecule has 72 valence electrons. The number of hydrogen-bond donors (Lipinski definition) is 0. The maximum absolute atomic E-state index is 10.6. The summed E-state index contributed by atoms with van der Waals surface area (Å²) in [6.07, 6.45) is 0.381. The summed E-state index contributed by atoms with van der Waals surface area (Å²) in [6, 6.07) is 3.01. The summed E-state index contributed by atoms with van der Waals surface area (Å²) >= 11 is 0. The zero-order chi connectivity index (χ0) is 9.68. The van der Waals surface area contributed by atoms with Gasteiger partial charge in [0.2, 0.25) is 0 Å². The van der Waals surface area contributed by atoms with Gasteiger partial charge in [0.05, 0.1) is 6.42 Å². The molecule has 0 atom stereocenters. The van der Waals surface area contributed by atoms with Crippen LogP contribution in [0.4, 0.5) is 0 Å². The van der Waals surface area contributed by atoms with Crippen LogP contribution in [0.2, 0.25) is 0 Å². The average molecular weight is 180 g/mol. The van der Waals surface area contributed by atoms with Crippen LogP contribution in [0.5, 0.6) is 0 Å². The number of Topliss-reactive ketones (excluding diaryl/α,β-unsaturated/α-hetero) is 1. The summed E-state index contributed by atoms with van der Waals surface area (Å²) in [4.78, 5) is 15.0. The zero-order valence-corrected chi connectivity index (χ0v) is 8.34. The lowest BCUT2D eigenvalue weighted by atomic mass is 10.3. The van der Waals surface area contributed by atoms with E-state index in [0.29, 0.717) is 6.42 Å². The number of carbonyl (C=O) groups is 1. The third-order valence-corrected chi connectivity index (χ3v) is 2.08. The molecule has 1 aliphatic rings. The van der Waals surface area contributed by atoms with Crippen LogP contribution in [0.15, 0.2) is 0 Å². The van der Waals surface area contributed by atoms with E-state index in [0.717, 1.165) is 26.2 Å². The molecule has 0 saturated carbocycles. The second-order valence-electron chi connectivity index (χ2n) is 3.46. The first-order valence-electron chi connectivity index (χ1n) is 4.60. The molecule has 0 aromatic heterocycles. The maximum atomic E-state index is 10.6. The van der Waals surface area contributed by atoms with Crippen molar-refractivity contribution >= 4 is 5.78 Å². The number of piperazine rings is 1. The Balaban J connectivity index is 2.28. The third-order valence-electron chi connectivity index (χ3n) is 2.08. The van der Waals surface area contributed by atoms with Gasteiger partial charge < -0.3 is 9.80 Å². The van der Waals surface area contributed by atoms with Crippen LogP contribution in [0.25, 0.3) is 0 Å². The number of carbonyl (C=O) groups excluding carboxylic acids is 1. The maximum Gasteiger partial charge on any atom is 0.141 e. The van der Waals surface area contributed by atoms with E-state index >= 15 is 0 Å². The Morgan fingerprint density at radius 2 is 1.92 bits per heavy atom. The minimum atomic E-state index is 0.140. The van der Waals surface area contributed by atoms with Crippen molar-refractivity contribution in [1.29, 1.82) is 0 Å². The number of hydrogen-bond acceptors (Lipinski definition) is 3. The molecule has 0 unspecified atom stereocenters. The van der Waals surface area contributed by atoms with Crippen LogP contribution in [-0.4, -0.2) is 48.8 Å². The standard InChI is InChI=1S/C10H16N2O/c1-10(13)4-3-5-12-8-6-11(2)7-9-12/h4,6-9H2,1-2H3. The van der Waals surface area contributed by atoms with Gasteiger partial charge in [0.1, 0.15) is 5.78 Å². The van der Waals surface area contributed by atoms with Crippen molar-refractivity contribution in [2.24, 2.45) is 0 Å². The smallest absolute Gasteiger partial charge is 0.141 e. The highest BCUT2D eigenvalue weighted by molar-refractivity contribution is 5.77. The molecule has 0 aromatic rings. The Labute approximate surface area is 79.7 Å². The first kappa shape index (κ1) is 10.1. The molecule has 1 heterocycles. The van der Waals surface area contributed by atoms with Gasteiger partial charge in [-0.3, -0.25) is 4.79 Å². The van der Waals surface area contributed by atoms with Gasteiger partial charge in [0.15, 0.2) is 0 Å². The van der Waals surface area contributed by atoms with Crippen molar-refractivity contribution in [2.75, 3.05) is 33.2 Å². The van der Waals surface area contributed by atoms with E-state index in [-0.39, 0.29) is 5.78 Å². The second kappa shape index (κ2) is 4.88. The molecule has 1 rings (SSSR count). The van der Waals surface area contributed by atoms with Crippen LogP contribution < -0.4 is 0 Å². The van der Waals surface area contributed by atoms with Crippen LogP contribution in [0.3, 0.4) is 0 Å². The fourth-order valence-corrected chi connectivity index (χ4v) is 1.19. The summed E-state index contributed by atoms with van der Waals surface area (Å²) in [5, 5.41) is 0. The van der Waals surface area contributed by atoms with E-state index in [1.807, 2.05) is 0 Å². The highest BCUT2D eigenvalue weighted by atomic mass is 16.1. The predicted octanol–water partition coefficient (Wildman–Crippen LogP) is 0.174. The highest BCUT2D eigenvalue weighted by Crippen LogP contribution is 1.96. The summed E-state index contributed by atoms with van der Waals surface area (Å²) in [6.45, 7) is 5.67. The van der Waals surface area contributed by atoms with Gasteiger partial charge in [-0.15, -0.1) is 0 Å². The summed E-state index contributed by atoms with van der Waals surface area (Å²) in [5.74, 6) is 3.02. The lowest BCUT2D eigenvalue weighted by molar-refractivity contribution is -0.116. The average Bonchev–Trinajstić information content (AvgIpc) is 2.08. The number of nitrogens with zero attached hydrogens (tertiary/aromatic N) is 2. The van der Waals surface area contributed by atoms with Gasteiger partial charge in [0.25, 0.3) is 0 Å². The minimum absolute atomic E-state index is 0.140. The summed E-state index contributed by atoms with van der Waals surface area (Å²) in [5.41, 5.74) is 0. The zero-order valence-electron chi connectivity index (χ0n) is 8.34. The molecule has 0 radical (unpaired) electrons. The number of ketones is 1. The lowest BCUT2D eigenvalue weighted by Crippen LogP contribution is -2.42. The van der Waals surface area contributed by atoms with E-state index < -0.39 is 0 Å². The Morgan fingerprint density at radius 1 is 1.31 bits per heavy atom. The molecule has 13 heavy (non-hydrogen) atoms. The van der Waals surface area contributed by atoms with E-state index in [9.17, 15) is 4.79 Å². The second-order valence-corrected chi connectivity index (χ2v) is 3.46. The highest BCUT2D eigenvalue weighted by Gasteiger charge is 2.09. The van der Waals surface area contributed by atoms with E-state index in [2.05, 4.69) is 28.8 Å². The van der Waals surface area contributed by atoms with Crippen molar-refractivity contribution in [3.8, 4) is 12.0 Å². The molecule has 3 heteroatoms. The molecular formula is C10H16N2O. The van der Waals surface area contributed by atoms with Crippen LogP contribution >= 0.6 is 0 Å². The van der Waals surface area contributed by atoms with Crippen molar-refractivity contribution in [3.05, 3.63) is 0 Å². The summed E-state index contributed by atoms with van der Waals surface area (Å²) < 4.78 is 0. The Hall–Kier alpha value is -1.01. The predicted molar refractivity (Wildman–Crippen MR) is 52.1 cm³/mol. The van der Waals surface area contributed by atoms with Crippen LogP contribution in [-0.2, 0) is 4.79 Å². The van der Waals surface area contributed by atoms with Crippen LogP contribution in [0, 0.1) is 12.0 Å². The van der Waals surface area contributed by atoms with Crippen molar-refractivity contribution < 1.29 is 4.79 Å². The molecular weight excluding hydrogens is 164 g/mol. The van der Waals surface area contributed by atoms with E-state index in [1.165, 1.54) is 0 Å². The normalized spacial score (nSPS) is 17.8. The molecule has 1 saturated heterocycles. The number of rotatable bonds is 1. The van der Waals surface area contributed by atoms with E-state index in [1.54, 1.807) is 6.92 Å². The van der Waals surface area contributed by atoms with Gasteiger partial charge in [0, 0.05) is 32.2 Å². The van der Waals surface area contributed by atoms with Crippen LogP contribution in [0.1, 0.15) is 13.3 Å². The van der Waals surface area contributed by atoms with Gasteiger partial charge >= 0.3 is 0 Å². The first-order chi connectivity index (χ1) is 6.18. The summed E-state index contributed by atoms with van der Waals surface area (Å²) in [7, 11) is 2.11. The molecule has 0 N–H and O–H groups in total. The molecule has 3 nitrogen and oxygen atoms in total. The topological polar surface area (TPSA) is 23.6 Å². The Morgan fingerprint density at radius 3 is 2.46 bits per heavy atom. The Bertz CT molecular complexity index is 231. The van der Waals surface area contributed by atoms with Gasteiger partial charge in [-0.2, -0.15) is 0 Å². The lowest BCUT2D eigenvalue weighted by Gasteiger charge is -2.29. The van der Waals surface area contributed by atoms with Crippen molar-refractivity contribution in [3.63, 3.8) is 0 Å². The van der Waals surface area contributed by atoms with Gasteiger partial charge in [-0.25, -0.2) is 0 Å². The minimum Gasteiger partial charge on any atom is -0.330 e. The first-order valence-corrected chi connectivity index (χ1v) is 4.60. The van der Waals surface area contributed by atoms with Crippen molar-refractivity contribution in [1.82, 2.24) is 9.80 Å². The fraction of sp³-hybridized carbons (Fsp3) is 0.700. The molecule has 1 fully saturated rings. The third kappa shape index (κ3) is 3.95.